The van der Waals surface area contributed by atoms with Crippen LogP contribution in [0.4, 0.5) is 5.69 Å². The molecule has 8 heteroatoms. The van der Waals surface area contributed by atoms with E-state index in [4.69, 9.17) is 16.0 Å². The lowest BCUT2D eigenvalue weighted by atomic mass is 9.84. The summed E-state index contributed by atoms with van der Waals surface area (Å²) in [5.74, 6) is 1.17. The number of hydrogen-bond acceptors (Lipinski definition) is 6. The van der Waals surface area contributed by atoms with E-state index in [0.717, 1.165) is 5.56 Å². The Labute approximate surface area is 224 Å². The highest BCUT2D eigenvalue weighted by atomic mass is 35.5. The lowest BCUT2D eigenvalue weighted by Crippen LogP contribution is -2.14. The zero-order chi connectivity index (χ0) is 24.7. The van der Waals surface area contributed by atoms with Crippen molar-refractivity contribution in [2.75, 3.05) is 11.1 Å². The third-order valence-corrected chi connectivity index (χ3v) is 8.63. The van der Waals surface area contributed by atoms with E-state index >= 15 is 0 Å². The molecule has 1 amide bonds. The van der Waals surface area contributed by atoms with E-state index in [2.05, 4.69) is 58.0 Å². The summed E-state index contributed by atoms with van der Waals surface area (Å²) in [6, 6.07) is 26.2. The minimum absolute atomic E-state index is 0.152. The number of carbonyl (C=O) groups excluding carboxylic acids is 1. The maximum Gasteiger partial charge on any atom is 0.277 e. The van der Waals surface area contributed by atoms with Crippen molar-refractivity contribution in [1.82, 2.24) is 10.2 Å². The van der Waals surface area contributed by atoms with Gasteiger partial charge in [-0.2, -0.15) is 0 Å². The quantitative estimate of drug-likeness (QED) is 0.231. The molecule has 0 spiro atoms. The summed E-state index contributed by atoms with van der Waals surface area (Å²) < 4.78 is 5.77. The van der Waals surface area contributed by atoms with Crippen LogP contribution in [0.15, 0.2) is 93.4 Å². The zero-order valence-electron chi connectivity index (χ0n) is 19.6. The third kappa shape index (κ3) is 6.72. The Morgan fingerprint density at radius 1 is 0.917 bits per heavy atom. The van der Waals surface area contributed by atoms with Crippen molar-refractivity contribution in [3.63, 3.8) is 0 Å². The first-order valence-corrected chi connectivity index (χ1v) is 14.2. The molecule has 4 aromatic rings. The maximum atomic E-state index is 12.2. The van der Waals surface area contributed by atoms with Crippen molar-refractivity contribution in [2.45, 2.75) is 47.0 Å². The van der Waals surface area contributed by atoms with Crippen molar-refractivity contribution in [3.8, 4) is 11.5 Å². The number of thioether (sulfide) groups is 2. The van der Waals surface area contributed by atoms with Gasteiger partial charge in [0.25, 0.3) is 5.22 Å². The summed E-state index contributed by atoms with van der Waals surface area (Å²) in [5.41, 5.74) is 3.04. The number of nitrogens with one attached hydrogen (secondary N) is 1. The molecule has 0 bridgehead atoms. The molecule has 36 heavy (non-hydrogen) atoms. The van der Waals surface area contributed by atoms with Crippen LogP contribution in [0.1, 0.15) is 37.2 Å². The van der Waals surface area contributed by atoms with Gasteiger partial charge in [0, 0.05) is 26.4 Å². The van der Waals surface area contributed by atoms with Crippen LogP contribution in [0.25, 0.3) is 11.5 Å². The number of benzene rings is 3. The molecule has 184 valence electrons. The fourth-order valence-electron chi connectivity index (χ4n) is 4.35. The molecule has 5 nitrogen and oxygen atoms in total. The molecule has 5 rings (SSSR count). The van der Waals surface area contributed by atoms with Crippen molar-refractivity contribution in [1.29, 1.82) is 0 Å². The predicted molar refractivity (Wildman–Crippen MR) is 148 cm³/mol. The van der Waals surface area contributed by atoms with Crippen LogP contribution < -0.4 is 5.32 Å². The molecular formula is C28H26ClN3O2S2. The SMILES string of the molecule is O=C(CSc1nnc(-c2ccc(SC3CCC(c4ccccc4)CC3)cc2)o1)Nc1ccc(Cl)cc1. The van der Waals surface area contributed by atoms with Crippen LogP contribution in [-0.2, 0) is 4.79 Å². The van der Waals surface area contributed by atoms with E-state index in [1.54, 1.807) is 24.3 Å². The second-order valence-corrected chi connectivity index (χ2v) is 11.5. The van der Waals surface area contributed by atoms with Crippen molar-refractivity contribution < 1.29 is 9.21 Å². The topological polar surface area (TPSA) is 68.0 Å². The van der Waals surface area contributed by atoms with Crippen LogP contribution in [0, 0.1) is 0 Å². The monoisotopic (exact) mass is 535 g/mol. The average molecular weight is 536 g/mol. The van der Waals surface area contributed by atoms with Crippen LogP contribution in [0.2, 0.25) is 5.02 Å². The summed E-state index contributed by atoms with van der Waals surface area (Å²) in [6.07, 6.45) is 4.98. The Morgan fingerprint density at radius 2 is 1.64 bits per heavy atom. The number of amides is 1. The van der Waals surface area contributed by atoms with Gasteiger partial charge in [0.1, 0.15) is 0 Å². The standard InChI is InChI=1S/C28H26ClN3O2S2/c29-22-10-12-23(13-11-22)30-26(33)18-35-28-32-31-27(34-28)21-8-16-25(17-9-21)36-24-14-6-20(7-15-24)19-4-2-1-3-5-19/h1-5,8-13,16-17,20,24H,6-7,14-15,18H2,(H,30,33). The summed E-state index contributed by atoms with van der Waals surface area (Å²) in [6.45, 7) is 0. The third-order valence-electron chi connectivity index (χ3n) is 6.21. The number of aromatic nitrogens is 2. The molecule has 1 aliphatic rings. The van der Waals surface area contributed by atoms with Crippen molar-refractivity contribution in [3.05, 3.63) is 89.4 Å². The van der Waals surface area contributed by atoms with Gasteiger partial charge in [0.2, 0.25) is 11.8 Å². The van der Waals surface area contributed by atoms with E-state index in [1.807, 2.05) is 23.9 Å². The highest BCUT2D eigenvalue weighted by Gasteiger charge is 2.23. The summed E-state index contributed by atoms with van der Waals surface area (Å²) in [5, 5.41) is 12.7. The molecule has 0 radical (unpaired) electrons. The zero-order valence-corrected chi connectivity index (χ0v) is 22.0. The van der Waals surface area contributed by atoms with Crippen molar-refractivity contribution in [2.24, 2.45) is 0 Å². The molecule has 0 saturated heterocycles. The lowest BCUT2D eigenvalue weighted by Gasteiger charge is -2.28. The number of hydrogen-bond donors (Lipinski definition) is 1. The average Bonchev–Trinajstić information content (AvgIpc) is 3.39. The van der Waals surface area contributed by atoms with Crippen molar-refractivity contribution >= 4 is 46.7 Å². The minimum atomic E-state index is -0.152. The molecule has 1 heterocycles. The molecule has 0 aliphatic heterocycles. The predicted octanol–water partition coefficient (Wildman–Crippen LogP) is 7.94. The molecule has 0 unspecified atom stereocenters. The normalized spacial score (nSPS) is 17.6. The van der Waals surface area contributed by atoms with Crippen LogP contribution in [0.3, 0.4) is 0 Å². The van der Waals surface area contributed by atoms with Gasteiger partial charge in [-0.1, -0.05) is 53.7 Å². The van der Waals surface area contributed by atoms with E-state index in [9.17, 15) is 4.79 Å². The molecule has 1 fully saturated rings. The van der Waals surface area contributed by atoms with Crippen LogP contribution >= 0.6 is 35.1 Å². The van der Waals surface area contributed by atoms with E-state index in [1.165, 1.54) is 47.9 Å². The molecule has 0 atom stereocenters. The second-order valence-electron chi connectivity index (χ2n) is 8.74. The van der Waals surface area contributed by atoms with Gasteiger partial charge in [-0.15, -0.1) is 22.0 Å². The first-order valence-electron chi connectivity index (χ1n) is 12.0. The van der Waals surface area contributed by atoms with E-state index < -0.39 is 0 Å². The van der Waals surface area contributed by atoms with Gasteiger partial charge in [-0.25, -0.2) is 0 Å². The number of anilines is 1. The van der Waals surface area contributed by atoms with E-state index in [-0.39, 0.29) is 11.7 Å². The number of halogens is 1. The molecule has 1 saturated carbocycles. The van der Waals surface area contributed by atoms with Gasteiger partial charge in [0.15, 0.2) is 0 Å². The Morgan fingerprint density at radius 3 is 2.36 bits per heavy atom. The Kier molecular flexibility index (Phi) is 8.31. The van der Waals surface area contributed by atoms with E-state index in [0.29, 0.717) is 33.0 Å². The first kappa shape index (κ1) is 24.9. The maximum absolute atomic E-state index is 12.2. The fourth-order valence-corrected chi connectivity index (χ4v) is 6.23. The number of carbonyl (C=O) groups is 1. The first-order chi connectivity index (χ1) is 17.6. The highest BCUT2D eigenvalue weighted by Crippen LogP contribution is 2.40. The van der Waals surface area contributed by atoms with Gasteiger partial charge in [-0.05, 0) is 85.7 Å². The molecule has 1 aliphatic carbocycles. The number of nitrogens with zero attached hydrogens (tertiary/aromatic N) is 2. The Balaban J connectivity index is 1.09. The summed E-state index contributed by atoms with van der Waals surface area (Å²) in [4.78, 5) is 13.4. The molecule has 1 N–H and O–H groups in total. The molecule has 3 aromatic carbocycles. The summed E-state index contributed by atoms with van der Waals surface area (Å²) >= 11 is 9.04. The smallest absolute Gasteiger partial charge is 0.277 e. The molecule has 1 aromatic heterocycles. The number of rotatable bonds is 8. The van der Waals surface area contributed by atoms with Gasteiger partial charge >= 0.3 is 0 Å². The Bertz CT molecular complexity index is 1270. The lowest BCUT2D eigenvalue weighted by molar-refractivity contribution is -0.113. The Hall–Kier alpha value is -2.74. The van der Waals surface area contributed by atoms with Crippen LogP contribution in [-0.4, -0.2) is 27.1 Å². The van der Waals surface area contributed by atoms with Crippen LogP contribution in [0.5, 0.6) is 0 Å². The second kappa shape index (κ2) is 12.0. The van der Waals surface area contributed by atoms with Gasteiger partial charge in [-0.3, -0.25) is 4.79 Å². The molecular weight excluding hydrogens is 510 g/mol. The largest absolute Gasteiger partial charge is 0.411 e. The van der Waals surface area contributed by atoms with Gasteiger partial charge in [0.05, 0.1) is 5.75 Å². The minimum Gasteiger partial charge on any atom is -0.411 e. The fraction of sp³-hybridized carbons (Fsp3) is 0.250. The summed E-state index contributed by atoms with van der Waals surface area (Å²) in [7, 11) is 0. The highest BCUT2D eigenvalue weighted by molar-refractivity contribution is 8.00. The van der Waals surface area contributed by atoms with Gasteiger partial charge < -0.3 is 9.73 Å².